The SMILES string of the molecule is CCC(=O)CC(CC(=O)O)C(NC(C)C)C(=O)O. The van der Waals surface area contributed by atoms with Crippen LogP contribution in [0.2, 0.25) is 0 Å². The van der Waals surface area contributed by atoms with Gasteiger partial charge in [0.1, 0.15) is 11.8 Å². The Balaban J connectivity index is 4.90. The van der Waals surface area contributed by atoms with Gasteiger partial charge in [-0.1, -0.05) is 20.8 Å². The van der Waals surface area contributed by atoms with Crippen molar-refractivity contribution in [2.24, 2.45) is 5.92 Å². The Bertz CT molecular complexity index is 314. The zero-order valence-electron chi connectivity index (χ0n) is 11.0. The molecule has 6 heteroatoms. The van der Waals surface area contributed by atoms with E-state index in [1.54, 1.807) is 20.8 Å². The minimum atomic E-state index is -1.13. The lowest BCUT2D eigenvalue weighted by molar-refractivity contribution is -0.143. The lowest BCUT2D eigenvalue weighted by atomic mass is 9.89. The molecule has 0 aromatic rings. The first-order valence-corrected chi connectivity index (χ1v) is 6.00. The Kier molecular flexibility index (Phi) is 7.19. The predicted molar refractivity (Wildman–Crippen MR) is 65.4 cm³/mol. The second-order valence-corrected chi connectivity index (χ2v) is 4.59. The number of carboxylic acids is 2. The monoisotopic (exact) mass is 259 g/mol. The summed E-state index contributed by atoms with van der Waals surface area (Å²) in [5.41, 5.74) is 0. The van der Waals surface area contributed by atoms with E-state index < -0.39 is 23.9 Å². The van der Waals surface area contributed by atoms with Gasteiger partial charge in [0.2, 0.25) is 0 Å². The molecule has 104 valence electrons. The van der Waals surface area contributed by atoms with E-state index in [1.807, 2.05) is 0 Å². The van der Waals surface area contributed by atoms with Crippen LogP contribution >= 0.6 is 0 Å². The van der Waals surface area contributed by atoms with Gasteiger partial charge in [0.25, 0.3) is 0 Å². The van der Waals surface area contributed by atoms with Gasteiger partial charge < -0.3 is 15.5 Å². The van der Waals surface area contributed by atoms with Crippen molar-refractivity contribution < 1.29 is 24.6 Å². The van der Waals surface area contributed by atoms with Crippen molar-refractivity contribution in [1.82, 2.24) is 5.32 Å². The molecular weight excluding hydrogens is 238 g/mol. The van der Waals surface area contributed by atoms with E-state index in [1.165, 1.54) is 0 Å². The fourth-order valence-corrected chi connectivity index (χ4v) is 1.74. The molecule has 3 N–H and O–H groups in total. The maximum atomic E-state index is 11.4. The molecule has 0 aliphatic carbocycles. The number of ketones is 1. The summed E-state index contributed by atoms with van der Waals surface area (Å²) in [6.45, 7) is 5.22. The Morgan fingerprint density at radius 1 is 1.11 bits per heavy atom. The lowest BCUT2D eigenvalue weighted by Crippen LogP contribution is -2.47. The molecule has 0 aromatic carbocycles. The normalized spacial score (nSPS) is 14.2. The first kappa shape index (κ1) is 16.6. The molecule has 2 atom stereocenters. The fourth-order valence-electron chi connectivity index (χ4n) is 1.74. The van der Waals surface area contributed by atoms with Gasteiger partial charge in [-0.05, 0) is 0 Å². The lowest BCUT2D eigenvalue weighted by Gasteiger charge is -2.25. The van der Waals surface area contributed by atoms with Crippen LogP contribution in [-0.2, 0) is 14.4 Å². The third-order valence-corrected chi connectivity index (χ3v) is 2.57. The molecule has 0 aromatic heterocycles. The summed E-state index contributed by atoms with van der Waals surface area (Å²) >= 11 is 0. The van der Waals surface area contributed by atoms with E-state index in [-0.39, 0.29) is 31.1 Å². The number of aliphatic carboxylic acids is 2. The molecule has 0 amide bonds. The van der Waals surface area contributed by atoms with Crippen LogP contribution < -0.4 is 5.32 Å². The van der Waals surface area contributed by atoms with Crippen LogP contribution in [0.1, 0.15) is 40.0 Å². The first-order valence-electron chi connectivity index (χ1n) is 6.00. The molecule has 0 rings (SSSR count). The number of Topliss-reactive ketones (excluding diaryl/α,β-unsaturated/α-hetero) is 1. The molecule has 0 saturated carbocycles. The van der Waals surface area contributed by atoms with Crippen LogP contribution in [0.25, 0.3) is 0 Å². The largest absolute Gasteiger partial charge is 0.481 e. The van der Waals surface area contributed by atoms with Gasteiger partial charge in [-0.2, -0.15) is 0 Å². The molecule has 0 heterocycles. The Morgan fingerprint density at radius 3 is 2.00 bits per heavy atom. The van der Waals surface area contributed by atoms with Gasteiger partial charge in [0, 0.05) is 24.8 Å². The fraction of sp³-hybridized carbons (Fsp3) is 0.750. The summed E-state index contributed by atoms with van der Waals surface area (Å²) in [5.74, 6) is -3.08. The van der Waals surface area contributed by atoms with E-state index in [4.69, 9.17) is 10.2 Å². The maximum absolute atomic E-state index is 11.4. The second kappa shape index (κ2) is 7.81. The number of hydrogen-bond acceptors (Lipinski definition) is 4. The average molecular weight is 259 g/mol. The van der Waals surface area contributed by atoms with Crippen molar-refractivity contribution in [3.05, 3.63) is 0 Å². The van der Waals surface area contributed by atoms with E-state index in [2.05, 4.69) is 5.32 Å². The van der Waals surface area contributed by atoms with Gasteiger partial charge in [-0.3, -0.25) is 14.4 Å². The average Bonchev–Trinajstić information content (AvgIpc) is 2.23. The molecule has 18 heavy (non-hydrogen) atoms. The summed E-state index contributed by atoms with van der Waals surface area (Å²) in [4.78, 5) is 33.3. The Hall–Kier alpha value is -1.43. The minimum Gasteiger partial charge on any atom is -0.481 e. The van der Waals surface area contributed by atoms with Crippen molar-refractivity contribution in [1.29, 1.82) is 0 Å². The molecule has 0 spiro atoms. The van der Waals surface area contributed by atoms with E-state index in [9.17, 15) is 14.4 Å². The van der Waals surface area contributed by atoms with Crippen LogP contribution in [0, 0.1) is 5.92 Å². The van der Waals surface area contributed by atoms with Crippen molar-refractivity contribution in [2.75, 3.05) is 0 Å². The van der Waals surface area contributed by atoms with Gasteiger partial charge >= 0.3 is 11.9 Å². The smallest absolute Gasteiger partial charge is 0.321 e. The highest BCUT2D eigenvalue weighted by Gasteiger charge is 2.31. The van der Waals surface area contributed by atoms with Crippen molar-refractivity contribution >= 4 is 17.7 Å². The summed E-state index contributed by atoms with van der Waals surface area (Å²) in [6, 6.07) is -1.12. The van der Waals surface area contributed by atoms with Gasteiger partial charge in [-0.25, -0.2) is 0 Å². The summed E-state index contributed by atoms with van der Waals surface area (Å²) in [6.07, 6.45) is -0.0773. The van der Waals surface area contributed by atoms with E-state index >= 15 is 0 Å². The van der Waals surface area contributed by atoms with Crippen molar-refractivity contribution in [3.8, 4) is 0 Å². The van der Waals surface area contributed by atoms with Crippen LogP contribution in [0.4, 0.5) is 0 Å². The highest BCUT2D eigenvalue weighted by Crippen LogP contribution is 2.17. The number of carbonyl (C=O) groups is 3. The summed E-state index contributed by atoms with van der Waals surface area (Å²) in [5, 5.41) is 20.7. The third-order valence-electron chi connectivity index (χ3n) is 2.57. The molecule has 0 aliphatic heterocycles. The molecule has 0 bridgehead atoms. The molecular formula is C12H21NO5. The number of carbonyl (C=O) groups excluding carboxylic acids is 1. The standard InChI is InChI=1S/C12H21NO5/c1-4-9(14)5-8(6-10(15)16)11(12(17)18)13-7(2)3/h7-8,11,13H,4-6H2,1-3H3,(H,15,16)(H,17,18). The van der Waals surface area contributed by atoms with Crippen LogP contribution in [0.15, 0.2) is 0 Å². The third kappa shape index (κ3) is 6.34. The molecule has 2 unspecified atom stereocenters. The number of hydrogen-bond donors (Lipinski definition) is 3. The molecule has 0 fully saturated rings. The molecule has 6 nitrogen and oxygen atoms in total. The van der Waals surface area contributed by atoms with E-state index in [0.29, 0.717) is 0 Å². The maximum Gasteiger partial charge on any atom is 0.321 e. The van der Waals surface area contributed by atoms with Crippen molar-refractivity contribution in [2.45, 2.75) is 52.1 Å². The Morgan fingerprint density at radius 2 is 1.67 bits per heavy atom. The molecule has 0 aliphatic rings. The first-order chi connectivity index (χ1) is 8.27. The van der Waals surface area contributed by atoms with Crippen LogP contribution in [0.3, 0.4) is 0 Å². The predicted octanol–water partition coefficient (Wildman–Crippen LogP) is 0.898. The zero-order valence-corrected chi connectivity index (χ0v) is 11.0. The Labute approximate surface area is 106 Å². The van der Waals surface area contributed by atoms with Crippen LogP contribution in [0.5, 0.6) is 0 Å². The summed E-state index contributed by atoms with van der Waals surface area (Å²) in [7, 11) is 0. The topological polar surface area (TPSA) is 104 Å². The molecule has 0 saturated heterocycles. The quantitative estimate of drug-likeness (QED) is 0.568. The van der Waals surface area contributed by atoms with Gasteiger partial charge in [0.05, 0.1) is 6.42 Å². The van der Waals surface area contributed by atoms with Gasteiger partial charge in [0.15, 0.2) is 0 Å². The van der Waals surface area contributed by atoms with E-state index in [0.717, 1.165) is 0 Å². The summed E-state index contributed by atoms with van der Waals surface area (Å²) < 4.78 is 0. The highest BCUT2D eigenvalue weighted by atomic mass is 16.4. The zero-order chi connectivity index (χ0) is 14.3. The minimum absolute atomic E-state index is 0.0283. The number of rotatable bonds is 9. The van der Waals surface area contributed by atoms with Crippen molar-refractivity contribution in [3.63, 3.8) is 0 Å². The highest BCUT2D eigenvalue weighted by molar-refractivity contribution is 5.82. The second-order valence-electron chi connectivity index (χ2n) is 4.59. The number of nitrogens with one attached hydrogen (secondary N) is 1. The van der Waals surface area contributed by atoms with Gasteiger partial charge in [-0.15, -0.1) is 0 Å². The number of carboxylic acid groups (broad SMARTS) is 2. The van der Waals surface area contributed by atoms with Crippen LogP contribution in [-0.4, -0.2) is 40.0 Å². The molecule has 0 radical (unpaired) electrons.